The summed E-state index contributed by atoms with van der Waals surface area (Å²) in [7, 11) is 0. The number of ether oxygens (including phenoxy) is 2. The molecule has 2 aromatic heterocycles. The summed E-state index contributed by atoms with van der Waals surface area (Å²) in [5, 5.41) is 0. The van der Waals surface area contributed by atoms with E-state index in [-0.39, 0.29) is 12.1 Å². The number of unbranched alkanes of at least 4 members (excludes halogenated alkanes) is 2. The second-order valence-corrected chi connectivity index (χ2v) is 9.32. The van der Waals surface area contributed by atoms with Crippen LogP contribution in [0.4, 0.5) is 0 Å². The first-order valence-electron chi connectivity index (χ1n) is 13.5. The average molecular weight is 521 g/mol. The van der Waals surface area contributed by atoms with E-state index in [1.165, 1.54) is 11.1 Å². The van der Waals surface area contributed by atoms with Crippen LogP contribution in [0.25, 0.3) is 0 Å². The number of aliphatic imine (C=N–C) groups is 2. The van der Waals surface area contributed by atoms with E-state index in [1.54, 1.807) is 12.4 Å². The van der Waals surface area contributed by atoms with Gasteiger partial charge in [0.15, 0.2) is 0 Å². The Labute approximate surface area is 231 Å². The van der Waals surface area contributed by atoms with Crippen molar-refractivity contribution in [2.75, 3.05) is 13.2 Å². The summed E-state index contributed by atoms with van der Waals surface area (Å²) in [6.45, 7) is 5.45. The monoisotopic (exact) mass is 520 g/mol. The van der Waals surface area contributed by atoms with Gasteiger partial charge in [0.1, 0.15) is 11.5 Å². The Kier molecular flexibility index (Phi) is 10.8. The summed E-state index contributed by atoms with van der Waals surface area (Å²) in [5.74, 6) is 1.54. The second kappa shape index (κ2) is 15.2. The molecule has 0 amide bonds. The predicted molar refractivity (Wildman–Crippen MR) is 158 cm³/mol. The maximum Gasteiger partial charge on any atom is 0.137 e. The molecule has 6 heteroatoms. The van der Waals surface area contributed by atoms with Gasteiger partial charge in [-0.25, -0.2) is 0 Å². The molecule has 4 rings (SSSR count). The van der Waals surface area contributed by atoms with Crippen molar-refractivity contribution < 1.29 is 9.47 Å². The van der Waals surface area contributed by atoms with Gasteiger partial charge < -0.3 is 9.47 Å². The lowest BCUT2D eigenvalue weighted by Crippen LogP contribution is -2.02. The highest BCUT2D eigenvalue weighted by Crippen LogP contribution is 2.17. The van der Waals surface area contributed by atoms with E-state index in [2.05, 4.69) is 58.1 Å². The van der Waals surface area contributed by atoms with Gasteiger partial charge in [0.2, 0.25) is 0 Å². The lowest BCUT2D eigenvalue weighted by atomic mass is 10.1. The topological polar surface area (TPSA) is 69.0 Å². The Morgan fingerprint density at radius 1 is 0.590 bits per heavy atom. The summed E-state index contributed by atoms with van der Waals surface area (Å²) in [6, 6.07) is 28.4. The summed E-state index contributed by atoms with van der Waals surface area (Å²) < 4.78 is 11.7. The smallest absolute Gasteiger partial charge is 0.137 e. The molecular weight excluding hydrogens is 484 g/mol. The minimum Gasteiger partial charge on any atom is -0.492 e. The SMILES string of the molecule is C[C@@H](N=Cc1ccc(OCCCCCOc2ccc(C=N[C@H](C)c3ccccc3)nc2)cn1)c1ccccc1. The molecule has 39 heavy (non-hydrogen) atoms. The Morgan fingerprint density at radius 3 is 1.41 bits per heavy atom. The predicted octanol–water partition coefficient (Wildman–Crippen LogP) is 7.46. The van der Waals surface area contributed by atoms with Gasteiger partial charge in [-0.05, 0) is 68.5 Å². The van der Waals surface area contributed by atoms with Crippen LogP contribution in [-0.4, -0.2) is 35.6 Å². The average Bonchev–Trinajstić information content (AvgIpc) is 3.00. The van der Waals surface area contributed by atoms with Gasteiger partial charge in [-0.1, -0.05) is 60.7 Å². The van der Waals surface area contributed by atoms with Crippen LogP contribution in [-0.2, 0) is 0 Å². The van der Waals surface area contributed by atoms with Crippen LogP contribution in [0.2, 0.25) is 0 Å². The minimum absolute atomic E-state index is 0.0945. The van der Waals surface area contributed by atoms with E-state index < -0.39 is 0 Å². The fraction of sp³-hybridized carbons (Fsp3) is 0.273. The molecule has 0 saturated carbocycles. The Bertz CT molecular complexity index is 1190. The van der Waals surface area contributed by atoms with Crippen LogP contribution in [0.5, 0.6) is 11.5 Å². The van der Waals surface area contributed by atoms with Crippen LogP contribution >= 0.6 is 0 Å². The molecule has 0 radical (unpaired) electrons. The molecule has 0 aliphatic rings. The number of hydrogen-bond acceptors (Lipinski definition) is 6. The molecule has 0 spiro atoms. The molecular formula is C33H36N4O2. The Hall–Kier alpha value is -4.32. The molecule has 4 aromatic rings. The van der Waals surface area contributed by atoms with E-state index in [1.807, 2.05) is 73.1 Å². The quantitative estimate of drug-likeness (QED) is 0.128. The van der Waals surface area contributed by atoms with Gasteiger partial charge in [-0.15, -0.1) is 0 Å². The van der Waals surface area contributed by atoms with Crippen molar-refractivity contribution >= 4 is 12.4 Å². The third-order valence-corrected chi connectivity index (χ3v) is 6.27. The molecule has 0 fully saturated rings. The second-order valence-electron chi connectivity index (χ2n) is 9.32. The molecule has 200 valence electrons. The van der Waals surface area contributed by atoms with Crippen molar-refractivity contribution in [3.8, 4) is 11.5 Å². The van der Waals surface area contributed by atoms with Gasteiger partial charge in [-0.2, -0.15) is 0 Å². The first-order valence-corrected chi connectivity index (χ1v) is 13.5. The fourth-order valence-corrected chi connectivity index (χ4v) is 3.88. The largest absolute Gasteiger partial charge is 0.492 e. The first-order chi connectivity index (χ1) is 19.2. The van der Waals surface area contributed by atoms with Gasteiger partial charge >= 0.3 is 0 Å². The van der Waals surface area contributed by atoms with Gasteiger partial charge in [0, 0.05) is 12.4 Å². The highest BCUT2D eigenvalue weighted by atomic mass is 16.5. The number of aromatic nitrogens is 2. The van der Waals surface area contributed by atoms with E-state index in [9.17, 15) is 0 Å². The van der Waals surface area contributed by atoms with Crippen molar-refractivity contribution in [3.63, 3.8) is 0 Å². The zero-order valence-corrected chi connectivity index (χ0v) is 22.7. The van der Waals surface area contributed by atoms with E-state index in [4.69, 9.17) is 9.47 Å². The van der Waals surface area contributed by atoms with E-state index in [0.717, 1.165) is 42.1 Å². The summed E-state index contributed by atoms with van der Waals surface area (Å²) in [4.78, 5) is 18.1. The van der Waals surface area contributed by atoms with Gasteiger partial charge in [0.25, 0.3) is 0 Å². The van der Waals surface area contributed by atoms with Crippen molar-refractivity contribution in [2.45, 2.75) is 45.2 Å². The number of hydrogen-bond donors (Lipinski definition) is 0. The van der Waals surface area contributed by atoms with Crippen LogP contribution < -0.4 is 9.47 Å². The highest BCUT2D eigenvalue weighted by Gasteiger charge is 2.03. The molecule has 2 heterocycles. The first kappa shape index (κ1) is 27.7. The third-order valence-electron chi connectivity index (χ3n) is 6.27. The van der Waals surface area contributed by atoms with Crippen molar-refractivity contribution in [3.05, 3.63) is 120 Å². The maximum atomic E-state index is 5.83. The number of rotatable bonds is 14. The summed E-state index contributed by atoms with van der Waals surface area (Å²) in [6.07, 6.45) is 10.0. The lowest BCUT2D eigenvalue weighted by Gasteiger charge is -2.08. The van der Waals surface area contributed by atoms with E-state index in [0.29, 0.717) is 13.2 Å². The highest BCUT2D eigenvalue weighted by molar-refractivity contribution is 5.77. The van der Waals surface area contributed by atoms with Crippen molar-refractivity contribution in [1.82, 2.24) is 9.97 Å². The summed E-state index contributed by atoms with van der Waals surface area (Å²) in [5.41, 5.74) is 4.00. The minimum atomic E-state index is 0.0945. The third kappa shape index (κ3) is 9.49. The number of nitrogens with zero attached hydrogens (tertiary/aromatic N) is 4. The molecule has 0 N–H and O–H groups in total. The van der Waals surface area contributed by atoms with Crippen LogP contribution in [0, 0.1) is 0 Å². The fourth-order valence-electron chi connectivity index (χ4n) is 3.88. The number of benzene rings is 2. The number of pyridine rings is 2. The maximum absolute atomic E-state index is 5.83. The zero-order chi connectivity index (χ0) is 27.1. The molecule has 0 bridgehead atoms. The molecule has 2 aromatic carbocycles. The molecule has 0 unspecified atom stereocenters. The normalized spacial score (nSPS) is 13.0. The Balaban J connectivity index is 1.08. The molecule has 0 aliphatic heterocycles. The Morgan fingerprint density at radius 2 is 1.03 bits per heavy atom. The van der Waals surface area contributed by atoms with Crippen LogP contribution in [0.15, 0.2) is 107 Å². The zero-order valence-electron chi connectivity index (χ0n) is 22.7. The van der Waals surface area contributed by atoms with Gasteiger partial charge in [-0.3, -0.25) is 20.0 Å². The molecule has 6 nitrogen and oxygen atoms in total. The summed E-state index contributed by atoms with van der Waals surface area (Å²) >= 11 is 0. The van der Waals surface area contributed by atoms with Crippen LogP contribution in [0.3, 0.4) is 0 Å². The lowest BCUT2D eigenvalue weighted by molar-refractivity contribution is 0.278. The van der Waals surface area contributed by atoms with Crippen LogP contribution in [0.1, 0.15) is 67.7 Å². The van der Waals surface area contributed by atoms with Crippen molar-refractivity contribution in [2.24, 2.45) is 9.98 Å². The molecule has 0 aliphatic carbocycles. The molecule has 0 saturated heterocycles. The molecule has 2 atom stereocenters. The van der Waals surface area contributed by atoms with E-state index >= 15 is 0 Å². The van der Waals surface area contributed by atoms with Gasteiger partial charge in [0.05, 0.1) is 49.1 Å². The standard InChI is InChI=1S/C33H36N4O2/c1-26(28-12-6-3-7-13-28)34-22-30-16-18-32(24-36-30)38-20-10-5-11-21-39-33-19-17-31(37-25-33)23-35-27(2)29-14-8-4-9-15-29/h3-4,6-9,12-19,22-27H,5,10-11,20-21H2,1-2H3/t26-,27-/m1/s1. The van der Waals surface area contributed by atoms with Crippen molar-refractivity contribution in [1.29, 1.82) is 0 Å².